The van der Waals surface area contributed by atoms with E-state index in [1.807, 2.05) is 79.9 Å². The van der Waals surface area contributed by atoms with Crippen LogP contribution in [0.15, 0.2) is 66.7 Å². The molecule has 1 aliphatic rings. The summed E-state index contributed by atoms with van der Waals surface area (Å²) < 4.78 is 23.4. The van der Waals surface area contributed by atoms with Crippen molar-refractivity contribution in [3.05, 3.63) is 89.0 Å². The fourth-order valence-corrected chi connectivity index (χ4v) is 6.67. The smallest absolute Gasteiger partial charge is 0.328 e. The summed E-state index contributed by atoms with van der Waals surface area (Å²) in [5.74, 6) is 1.26. The number of carbonyl (C=O) groups is 2. The summed E-state index contributed by atoms with van der Waals surface area (Å²) in [7, 11) is 3.02. The van der Waals surface area contributed by atoms with Crippen molar-refractivity contribution in [2.45, 2.75) is 83.8 Å². The van der Waals surface area contributed by atoms with Gasteiger partial charge in [-0.15, -0.1) is 0 Å². The average molecular weight is 648 g/mol. The van der Waals surface area contributed by atoms with Gasteiger partial charge in [0.05, 0.1) is 39.6 Å². The first-order valence-electron chi connectivity index (χ1n) is 16.3. The molecule has 0 radical (unpaired) electrons. The lowest BCUT2D eigenvalue weighted by atomic mass is 9.83. The largest absolute Gasteiger partial charge is 0.497 e. The zero-order valence-corrected chi connectivity index (χ0v) is 28.7. The summed E-state index contributed by atoms with van der Waals surface area (Å²) >= 11 is 1.62. The van der Waals surface area contributed by atoms with Crippen LogP contribution in [0.3, 0.4) is 0 Å². The molecule has 0 spiro atoms. The van der Waals surface area contributed by atoms with Gasteiger partial charge in [0.15, 0.2) is 0 Å². The summed E-state index contributed by atoms with van der Waals surface area (Å²) in [6, 6.07) is 21.1. The van der Waals surface area contributed by atoms with Gasteiger partial charge >= 0.3 is 5.97 Å². The highest BCUT2D eigenvalue weighted by molar-refractivity contribution is 7.98. The van der Waals surface area contributed by atoms with E-state index < -0.39 is 12.0 Å². The zero-order valence-electron chi connectivity index (χ0n) is 27.9. The fraction of sp³-hybridized carbons (Fsp3) is 0.474. The van der Waals surface area contributed by atoms with Crippen molar-refractivity contribution in [1.82, 2.24) is 5.32 Å². The standard InChI is InChI=1S/C38H49NO6S/c1-26-11-9-10-14-32(26)34-23-29(17-20-33(34)37(40)39-35(21-22-46-5)38(41)43-4)25-44-27(2)36(30-12-7-6-8-13-30)45-24-28-15-18-31(42-3)19-16-28/h9-11,14-20,23,27,30,35-36H,6-8,12-13,21-22,24-25H2,1-5H3,(H,39,40)/t27?,35-,36?/m0/s1. The van der Waals surface area contributed by atoms with E-state index in [0.29, 0.717) is 31.1 Å². The van der Waals surface area contributed by atoms with Crippen LogP contribution in [-0.4, -0.2) is 56.4 Å². The zero-order chi connectivity index (χ0) is 32.9. The van der Waals surface area contributed by atoms with Gasteiger partial charge < -0.3 is 24.3 Å². The molecule has 0 heterocycles. The van der Waals surface area contributed by atoms with E-state index in [1.54, 1.807) is 18.9 Å². The second kappa shape index (κ2) is 18.1. The van der Waals surface area contributed by atoms with Crippen LogP contribution in [0, 0.1) is 12.8 Å². The average Bonchev–Trinajstić information content (AvgIpc) is 3.09. The predicted octanol–water partition coefficient (Wildman–Crippen LogP) is 7.77. The number of methoxy groups -OCH3 is 2. The van der Waals surface area contributed by atoms with Crippen molar-refractivity contribution in [2.75, 3.05) is 26.2 Å². The normalized spacial score (nSPS) is 15.5. The van der Waals surface area contributed by atoms with Gasteiger partial charge in [-0.3, -0.25) is 4.79 Å². The number of carbonyl (C=O) groups excluding carboxylic acids is 2. The van der Waals surface area contributed by atoms with Crippen molar-refractivity contribution in [3.8, 4) is 16.9 Å². The quantitative estimate of drug-likeness (QED) is 0.159. The minimum Gasteiger partial charge on any atom is -0.497 e. The molecule has 1 aliphatic carbocycles. The molecule has 0 saturated heterocycles. The van der Waals surface area contributed by atoms with Crippen LogP contribution in [0.5, 0.6) is 5.75 Å². The fourth-order valence-electron chi connectivity index (χ4n) is 6.19. The second-order valence-corrected chi connectivity index (χ2v) is 13.0. The molecule has 0 aromatic heterocycles. The van der Waals surface area contributed by atoms with E-state index in [1.165, 1.54) is 26.4 Å². The number of hydrogen-bond donors (Lipinski definition) is 1. The number of esters is 1. The van der Waals surface area contributed by atoms with Crippen LogP contribution in [-0.2, 0) is 32.2 Å². The van der Waals surface area contributed by atoms with Crippen LogP contribution < -0.4 is 10.1 Å². The number of benzene rings is 3. The molecule has 8 heteroatoms. The Bertz CT molecular complexity index is 1400. The van der Waals surface area contributed by atoms with E-state index in [4.69, 9.17) is 18.9 Å². The molecule has 1 saturated carbocycles. The summed E-state index contributed by atoms with van der Waals surface area (Å²) in [6.07, 6.45) is 8.32. The van der Waals surface area contributed by atoms with Crippen molar-refractivity contribution in [1.29, 1.82) is 0 Å². The lowest BCUT2D eigenvalue weighted by Gasteiger charge is -2.34. The van der Waals surface area contributed by atoms with Crippen LogP contribution in [0.4, 0.5) is 0 Å². The summed E-state index contributed by atoms with van der Waals surface area (Å²) in [5.41, 5.74) is 5.40. The van der Waals surface area contributed by atoms with Gasteiger partial charge in [-0.1, -0.05) is 61.7 Å². The summed E-state index contributed by atoms with van der Waals surface area (Å²) in [5, 5.41) is 2.92. The minimum absolute atomic E-state index is 0.0279. The van der Waals surface area contributed by atoms with E-state index in [9.17, 15) is 9.59 Å². The van der Waals surface area contributed by atoms with Gasteiger partial charge in [-0.05, 0) is 103 Å². The first kappa shape index (κ1) is 35.5. The minimum atomic E-state index is -0.715. The predicted molar refractivity (Wildman–Crippen MR) is 185 cm³/mol. The Hall–Kier alpha value is -3.33. The molecule has 248 valence electrons. The van der Waals surface area contributed by atoms with E-state index >= 15 is 0 Å². The Labute approximate surface area is 278 Å². The van der Waals surface area contributed by atoms with E-state index in [2.05, 4.69) is 12.2 Å². The Balaban J connectivity index is 1.53. The monoisotopic (exact) mass is 647 g/mol. The van der Waals surface area contributed by atoms with Crippen molar-refractivity contribution in [2.24, 2.45) is 5.92 Å². The van der Waals surface area contributed by atoms with Gasteiger partial charge in [0.25, 0.3) is 5.91 Å². The van der Waals surface area contributed by atoms with Crippen LogP contribution >= 0.6 is 11.8 Å². The third kappa shape index (κ3) is 9.84. The molecule has 3 atom stereocenters. The second-order valence-electron chi connectivity index (χ2n) is 12.1. The van der Waals surface area contributed by atoms with Gasteiger partial charge in [0.2, 0.25) is 0 Å². The van der Waals surface area contributed by atoms with Gasteiger partial charge in [0.1, 0.15) is 11.8 Å². The molecule has 1 amide bonds. The number of rotatable bonds is 16. The van der Waals surface area contributed by atoms with Crippen molar-refractivity contribution >= 4 is 23.6 Å². The van der Waals surface area contributed by atoms with E-state index in [0.717, 1.165) is 52.2 Å². The molecule has 7 nitrogen and oxygen atoms in total. The number of aryl methyl sites for hydroxylation is 1. The Kier molecular flexibility index (Phi) is 14.0. The van der Waals surface area contributed by atoms with Crippen LogP contribution in [0.2, 0.25) is 0 Å². The highest BCUT2D eigenvalue weighted by Gasteiger charge is 2.30. The first-order chi connectivity index (χ1) is 22.3. The van der Waals surface area contributed by atoms with Gasteiger partial charge in [0, 0.05) is 5.56 Å². The third-order valence-corrected chi connectivity index (χ3v) is 9.50. The van der Waals surface area contributed by atoms with Crippen molar-refractivity contribution < 1.29 is 28.5 Å². The first-order valence-corrected chi connectivity index (χ1v) is 17.7. The Morgan fingerprint density at radius 3 is 2.26 bits per heavy atom. The maximum absolute atomic E-state index is 13.6. The number of nitrogens with one attached hydrogen (secondary N) is 1. The molecule has 3 aromatic carbocycles. The highest BCUT2D eigenvalue weighted by Crippen LogP contribution is 2.32. The topological polar surface area (TPSA) is 83.1 Å². The van der Waals surface area contributed by atoms with Gasteiger partial charge in [-0.2, -0.15) is 11.8 Å². The summed E-state index contributed by atoms with van der Waals surface area (Å²) in [6.45, 7) is 5.05. The Morgan fingerprint density at radius 1 is 0.891 bits per heavy atom. The molecule has 3 aromatic rings. The maximum atomic E-state index is 13.6. The molecule has 1 N–H and O–H groups in total. The molecular weight excluding hydrogens is 598 g/mol. The Morgan fingerprint density at radius 2 is 1.59 bits per heavy atom. The number of ether oxygens (including phenoxy) is 4. The molecule has 0 bridgehead atoms. The lowest BCUT2D eigenvalue weighted by Crippen LogP contribution is -2.42. The van der Waals surface area contributed by atoms with Crippen LogP contribution in [0.1, 0.15) is 72.5 Å². The number of amides is 1. The third-order valence-electron chi connectivity index (χ3n) is 8.86. The molecule has 2 unspecified atom stereocenters. The SMILES string of the molecule is COC(=O)[C@H](CCSC)NC(=O)c1ccc(COC(C)C(OCc2ccc(OC)cc2)C2CCCCC2)cc1-c1ccccc1C. The highest BCUT2D eigenvalue weighted by atomic mass is 32.2. The molecule has 1 fully saturated rings. The molecule has 0 aliphatic heterocycles. The molecular formula is C38H49NO6S. The molecule has 4 rings (SSSR count). The number of thioether (sulfide) groups is 1. The van der Waals surface area contributed by atoms with Gasteiger partial charge in [-0.25, -0.2) is 4.79 Å². The van der Waals surface area contributed by atoms with E-state index in [-0.39, 0.29) is 18.1 Å². The molecule has 46 heavy (non-hydrogen) atoms. The maximum Gasteiger partial charge on any atom is 0.328 e. The lowest BCUT2D eigenvalue weighted by molar-refractivity contribution is -0.142. The summed E-state index contributed by atoms with van der Waals surface area (Å²) in [4.78, 5) is 26.1. The van der Waals surface area contributed by atoms with Crippen molar-refractivity contribution in [3.63, 3.8) is 0 Å². The number of hydrogen-bond acceptors (Lipinski definition) is 7. The van der Waals surface area contributed by atoms with Crippen LogP contribution in [0.25, 0.3) is 11.1 Å².